The molecule has 0 unspecified atom stereocenters. The molecule has 6 nitrogen and oxygen atoms in total. The van der Waals surface area contributed by atoms with Crippen LogP contribution in [0.1, 0.15) is 95.8 Å². The highest BCUT2D eigenvalue weighted by Crippen LogP contribution is 2.35. The van der Waals surface area contributed by atoms with E-state index in [0.29, 0.717) is 18.4 Å². The first-order valence-corrected chi connectivity index (χ1v) is 9.27. The molecule has 24 heavy (non-hydrogen) atoms. The molecule has 0 aromatic carbocycles. The van der Waals surface area contributed by atoms with Gasteiger partial charge in [-0.15, -0.1) is 0 Å². The fraction of sp³-hybridized carbons (Fsp3) is 0.833. The zero-order valence-corrected chi connectivity index (χ0v) is 15.1. The van der Waals surface area contributed by atoms with Gasteiger partial charge in [-0.25, -0.2) is 4.79 Å². The largest absolute Gasteiger partial charge is 0.444 e. The molecule has 1 aliphatic carbocycles. The second kappa shape index (κ2) is 7.11. The molecule has 2 fully saturated rings. The Morgan fingerprint density at radius 3 is 2.50 bits per heavy atom. The second-order valence-corrected chi connectivity index (χ2v) is 8.01. The van der Waals surface area contributed by atoms with Crippen molar-refractivity contribution in [3.8, 4) is 0 Å². The number of carbonyl (C=O) groups excluding carboxylic acids is 1. The molecule has 0 spiro atoms. The van der Waals surface area contributed by atoms with Crippen molar-refractivity contribution in [3.05, 3.63) is 11.7 Å². The molecular formula is C18H29N3O3. The summed E-state index contributed by atoms with van der Waals surface area (Å²) in [5, 5.41) is 4.23. The van der Waals surface area contributed by atoms with Crippen molar-refractivity contribution in [1.82, 2.24) is 15.0 Å². The monoisotopic (exact) mass is 335 g/mol. The first-order valence-electron chi connectivity index (χ1n) is 9.27. The van der Waals surface area contributed by atoms with E-state index in [0.717, 1.165) is 31.5 Å². The minimum atomic E-state index is -0.495. The van der Waals surface area contributed by atoms with Crippen LogP contribution in [0.3, 0.4) is 0 Å². The fourth-order valence-electron chi connectivity index (χ4n) is 3.65. The summed E-state index contributed by atoms with van der Waals surface area (Å²) in [6.07, 6.45) is 8.85. The Balaban J connectivity index is 1.70. The van der Waals surface area contributed by atoms with Crippen LogP contribution in [0.2, 0.25) is 0 Å². The third-order valence-corrected chi connectivity index (χ3v) is 4.84. The van der Waals surface area contributed by atoms with Gasteiger partial charge in [0, 0.05) is 12.5 Å². The van der Waals surface area contributed by atoms with E-state index in [1.54, 1.807) is 4.90 Å². The van der Waals surface area contributed by atoms with Gasteiger partial charge < -0.3 is 9.26 Å². The molecule has 3 rings (SSSR count). The zero-order chi connectivity index (χ0) is 17.2. The highest BCUT2D eigenvalue weighted by molar-refractivity contribution is 5.69. The Labute approximate surface area is 143 Å². The minimum Gasteiger partial charge on any atom is -0.444 e. The molecule has 6 heteroatoms. The third-order valence-electron chi connectivity index (χ3n) is 4.84. The lowest BCUT2D eigenvalue weighted by molar-refractivity contribution is 0.0199. The Morgan fingerprint density at radius 1 is 1.12 bits per heavy atom. The van der Waals surface area contributed by atoms with E-state index in [1.165, 1.54) is 25.7 Å². The fourth-order valence-corrected chi connectivity index (χ4v) is 3.65. The van der Waals surface area contributed by atoms with Crippen LogP contribution in [0.25, 0.3) is 0 Å². The van der Waals surface area contributed by atoms with Gasteiger partial charge in [0.1, 0.15) is 11.6 Å². The van der Waals surface area contributed by atoms with Gasteiger partial charge >= 0.3 is 6.09 Å². The van der Waals surface area contributed by atoms with Gasteiger partial charge in [0.05, 0.1) is 0 Å². The first-order chi connectivity index (χ1) is 11.4. The van der Waals surface area contributed by atoms with Crippen LogP contribution in [-0.4, -0.2) is 33.3 Å². The minimum absolute atomic E-state index is 0.146. The number of rotatable bonds is 2. The Morgan fingerprint density at radius 2 is 1.83 bits per heavy atom. The van der Waals surface area contributed by atoms with Gasteiger partial charge in [0.15, 0.2) is 5.82 Å². The third kappa shape index (κ3) is 4.08. The number of aromatic nitrogens is 2. The lowest BCUT2D eigenvalue weighted by Crippen LogP contribution is -2.36. The summed E-state index contributed by atoms with van der Waals surface area (Å²) < 4.78 is 11.1. The maximum Gasteiger partial charge on any atom is 0.410 e. The first kappa shape index (κ1) is 17.2. The molecule has 1 atom stereocenters. The van der Waals surface area contributed by atoms with Gasteiger partial charge in [0.2, 0.25) is 5.89 Å². The molecule has 1 aliphatic heterocycles. The highest BCUT2D eigenvalue weighted by atomic mass is 16.6. The molecule has 2 aliphatic rings. The molecule has 1 aromatic heterocycles. The summed E-state index contributed by atoms with van der Waals surface area (Å²) in [6.45, 7) is 6.33. The SMILES string of the molecule is CC(C)(C)OC(=O)N1CCC[C@H]1c1nc(C2CCCCCC2)no1. The Kier molecular flexibility index (Phi) is 5.11. The smallest absolute Gasteiger partial charge is 0.410 e. The van der Waals surface area contributed by atoms with Gasteiger partial charge in [-0.1, -0.05) is 30.8 Å². The van der Waals surface area contributed by atoms with Crippen molar-refractivity contribution in [2.75, 3.05) is 6.54 Å². The standard InChI is InChI=1S/C18H29N3O3/c1-18(2,3)23-17(22)21-12-8-11-14(21)16-19-15(20-24-16)13-9-6-4-5-7-10-13/h13-14H,4-12H2,1-3H3/t14-/m0/s1. The molecule has 1 amide bonds. The number of hydrogen-bond acceptors (Lipinski definition) is 5. The molecule has 1 saturated carbocycles. The van der Waals surface area contributed by atoms with Crippen molar-refractivity contribution < 1.29 is 14.1 Å². The topological polar surface area (TPSA) is 68.5 Å². The van der Waals surface area contributed by atoms with E-state index >= 15 is 0 Å². The summed E-state index contributed by atoms with van der Waals surface area (Å²) in [4.78, 5) is 18.8. The highest BCUT2D eigenvalue weighted by Gasteiger charge is 2.37. The molecule has 0 bridgehead atoms. The predicted octanol–water partition coefficient (Wildman–Crippen LogP) is 4.58. The van der Waals surface area contributed by atoms with Gasteiger partial charge in [-0.2, -0.15) is 4.98 Å². The molecule has 2 heterocycles. The molecule has 0 radical (unpaired) electrons. The van der Waals surface area contributed by atoms with Crippen molar-refractivity contribution in [3.63, 3.8) is 0 Å². The zero-order valence-electron chi connectivity index (χ0n) is 15.1. The van der Waals surface area contributed by atoms with Crippen LogP contribution < -0.4 is 0 Å². The lowest BCUT2D eigenvalue weighted by Gasteiger charge is -2.27. The molecule has 134 valence electrons. The van der Waals surface area contributed by atoms with Crippen molar-refractivity contribution in [1.29, 1.82) is 0 Å². The van der Waals surface area contributed by atoms with Crippen molar-refractivity contribution in [2.24, 2.45) is 0 Å². The van der Waals surface area contributed by atoms with Gasteiger partial charge in [-0.3, -0.25) is 4.90 Å². The maximum atomic E-state index is 12.4. The van der Waals surface area contributed by atoms with E-state index in [4.69, 9.17) is 9.26 Å². The Hall–Kier alpha value is -1.59. The van der Waals surface area contributed by atoms with E-state index in [9.17, 15) is 4.79 Å². The number of hydrogen-bond donors (Lipinski definition) is 0. The number of amides is 1. The van der Waals surface area contributed by atoms with Crippen molar-refractivity contribution in [2.45, 2.75) is 89.7 Å². The van der Waals surface area contributed by atoms with Crippen LogP contribution in [0.15, 0.2) is 4.52 Å². The van der Waals surface area contributed by atoms with E-state index in [-0.39, 0.29) is 12.1 Å². The van der Waals surface area contributed by atoms with Gasteiger partial charge in [-0.05, 0) is 46.5 Å². The van der Waals surface area contributed by atoms with Crippen LogP contribution in [-0.2, 0) is 4.74 Å². The normalized spacial score (nSPS) is 23.3. The number of carbonyl (C=O) groups is 1. The van der Waals surface area contributed by atoms with E-state index in [1.807, 2.05) is 20.8 Å². The van der Waals surface area contributed by atoms with Crippen LogP contribution in [0.5, 0.6) is 0 Å². The lowest BCUT2D eigenvalue weighted by atomic mass is 10.00. The maximum absolute atomic E-state index is 12.4. The number of nitrogens with zero attached hydrogens (tertiary/aromatic N) is 3. The summed E-state index contributed by atoms with van der Waals surface area (Å²) in [6, 6.07) is -0.146. The quantitative estimate of drug-likeness (QED) is 0.740. The van der Waals surface area contributed by atoms with Gasteiger partial charge in [0.25, 0.3) is 0 Å². The van der Waals surface area contributed by atoms with Crippen molar-refractivity contribution >= 4 is 6.09 Å². The molecule has 1 saturated heterocycles. The summed E-state index contributed by atoms with van der Waals surface area (Å²) in [5.41, 5.74) is -0.495. The van der Waals surface area contributed by atoms with Crippen LogP contribution >= 0.6 is 0 Å². The van der Waals surface area contributed by atoms with Crippen LogP contribution in [0, 0.1) is 0 Å². The molecule has 0 N–H and O–H groups in total. The van der Waals surface area contributed by atoms with E-state index < -0.39 is 5.60 Å². The molecule has 1 aromatic rings. The average molecular weight is 335 g/mol. The average Bonchev–Trinajstić information content (AvgIpc) is 3.09. The summed E-state index contributed by atoms with van der Waals surface area (Å²) in [5.74, 6) is 1.79. The summed E-state index contributed by atoms with van der Waals surface area (Å²) in [7, 11) is 0. The predicted molar refractivity (Wildman–Crippen MR) is 89.7 cm³/mol. The van der Waals surface area contributed by atoms with E-state index in [2.05, 4.69) is 10.1 Å². The van der Waals surface area contributed by atoms with Crippen LogP contribution in [0.4, 0.5) is 4.79 Å². The Bertz CT molecular complexity index is 556. The number of ether oxygens (including phenoxy) is 1. The molecular weight excluding hydrogens is 306 g/mol. The second-order valence-electron chi connectivity index (χ2n) is 8.01. The number of likely N-dealkylation sites (tertiary alicyclic amines) is 1. The summed E-state index contributed by atoms with van der Waals surface area (Å²) >= 11 is 0.